The summed E-state index contributed by atoms with van der Waals surface area (Å²) in [5.74, 6) is 0.286. The number of ketones is 1. The first-order chi connectivity index (χ1) is 17.1. The van der Waals surface area contributed by atoms with E-state index in [0.29, 0.717) is 10.6 Å². The topological polar surface area (TPSA) is 94.1 Å². The molecule has 3 N–H and O–H groups in total. The zero-order valence-electron chi connectivity index (χ0n) is 19.2. The molecule has 3 heterocycles. The van der Waals surface area contributed by atoms with Gasteiger partial charge >= 0.3 is 0 Å². The minimum absolute atomic E-state index is 0.0490. The van der Waals surface area contributed by atoms with E-state index >= 15 is 0 Å². The van der Waals surface area contributed by atoms with E-state index in [9.17, 15) is 9.90 Å². The van der Waals surface area contributed by atoms with Gasteiger partial charge in [-0.3, -0.25) is 14.9 Å². The Hall–Kier alpha value is -3.42. The van der Waals surface area contributed by atoms with Gasteiger partial charge in [0.05, 0.1) is 33.7 Å². The molecule has 6 rings (SSSR count). The molecular weight excluding hydrogens is 462 g/mol. The second-order valence-electron chi connectivity index (χ2n) is 9.36. The van der Waals surface area contributed by atoms with Crippen LogP contribution in [0.5, 0.6) is 5.75 Å². The van der Waals surface area contributed by atoms with Gasteiger partial charge in [0.25, 0.3) is 0 Å². The summed E-state index contributed by atoms with van der Waals surface area (Å²) in [6.07, 6.45) is 9.25. The summed E-state index contributed by atoms with van der Waals surface area (Å²) < 4.78 is 0. The predicted molar refractivity (Wildman–Crippen MR) is 138 cm³/mol. The number of carbonyl (C=O) groups excluding carboxylic acids is 1. The standard InChI is InChI=1S/C27H26ClN5O2/c28-23-12-18(4-6-25(23)34)17-3-5-24-21(11-17)26(22(15-30-24)27(35)16-1-2-16)33(20-13-31-32-14-20)19-7-9-29-10-8-19/h3-6,11-16,19,29,34H,1-2,7-10H2,(H,31,32). The summed E-state index contributed by atoms with van der Waals surface area (Å²) in [6.45, 7) is 1.84. The van der Waals surface area contributed by atoms with Gasteiger partial charge in [-0.25, -0.2) is 0 Å². The maximum Gasteiger partial charge on any atom is 0.169 e. The average molecular weight is 488 g/mol. The quantitative estimate of drug-likeness (QED) is 0.312. The van der Waals surface area contributed by atoms with Crippen molar-refractivity contribution < 1.29 is 9.90 Å². The van der Waals surface area contributed by atoms with Crippen molar-refractivity contribution in [3.05, 3.63) is 65.6 Å². The number of hydrogen-bond acceptors (Lipinski definition) is 6. The van der Waals surface area contributed by atoms with Crippen LogP contribution < -0.4 is 10.2 Å². The molecule has 35 heavy (non-hydrogen) atoms. The van der Waals surface area contributed by atoms with Crippen LogP contribution in [0.1, 0.15) is 36.0 Å². The number of Topliss-reactive ketones (excluding diaryl/α,β-unsaturated/α-hetero) is 1. The molecule has 1 saturated heterocycles. The summed E-state index contributed by atoms with van der Waals surface area (Å²) in [5, 5.41) is 21.7. The molecule has 8 heteroatoms. The number of aromatic amines is 1. The van der Waals surface area contributed by atoms with E-state index in [1.54, 1.807) is 18.3 Å². The molecule has 0 bridgehead atoms. The van der Waals surface area contributed by atoms with Gasteiger partial charge in [0.2, 0.25) is 0 Å². The normalized spacial score (nSPS) is 16.5. The Morgan fingerprint density at radius 1 is 1.03 bits per heavy atom. The molecule has 0 unspecified atom stereocenters. The van der Waals surface area contributed by atoms with Crippen LogP contribution in [0.4, 0.5) is 11.4 Å². The third kappa shape index (κ3) is 4.15. The summed E-state index contributed by atoms with van der Waals surface area (Å²) >= 11 is 6.21. The van der Waals surface area contributed by atoms with E-state index in [-0.39, 0.29) is 23.5 Å². The lowest BCUT2D eigenvalue weighted by Gasteiger charge is -2.37. The fraction of sp³-hybridized carbons (Fsp3) is 0.296. The van der Waals surface area contributed by atoms with Crippen molar-refractivity contribution in [1.82, 2.24) is 20.5 Å². The van der Waals surface area contributed by atoms with Crippen molar-refractivity contribution in [3.63, 3.8) is 0 Å². The largest absolute Gasteiger partial charge is 0.506 e. The van der Waals surface area contributed by atoms with E-state index in [4.69, 9.17) is 16.6 Å². The van der Waals surface area contributed by atoms with Gasteiger partial charge < -0.3 is 15.3 Å². The molecule has 1 aliphatic carbocycles. The number of pyridine rings is 1. The van der Waals surface area contributed by atoms with E-state index < -0.39 is 0 Å². The third-order valence-corrected chi connectivity index (χ3v) is 7.31. The number of phenolic OH excluding ortho intramolecular Hbond substituents is 1. The Bertz CT molecular complexity index is 1390. The van der Waals surface area contributed by atoms with Crippen LogP contribution in [0, 0.1) is 5.92 Å². The van der Waals surface area contributed by atoms with Gasteiger partial charge in [-0.05, 0) is 74.2 Å². The highest BCUT2D eigenvalue weighted by molar-refractivity contribution is 6.32. The number of benzene rings is 2. The van der Waals surface area contributed by atoms with Gasteiger partial charge in [-0.1, -0.05) is 23.7 Å². The van der Waals surface area contributed by atoms with Gasteiger partial charge in [0, 0.05) is 29.7 Å². The SMILES string of the molecule is O=C(c1cnc2ccc(-c3ccc(O)c(Cl)c3)cc2c1N(c1cn[nH]c1)C1CCNCC1)C1CC1. The number of anilines is 2. The second kappa shape index (κ2) is 8.98. The van der Waals surface area contributed by atoms with Gasteiger partial charge in [0.15, 0.2) is 5.78 Å². The molecule has 4 aromatic rings. The van der Waals surface area contributed by atoms with Gasteiger partial charge in [-0.15, -0.1) is 0 Å². The van der Waals surface area contributed by atoms with Crippen LogP contribution in [0.3, 0.4) is 0 Å². The lowest BCUT2D eigenvalue weighted by molar-refractivity contribution is 0.0968. The first-order valence-electron chi connectivity index (χ1n) is 12.0. The number of halogens is 1. The Balaban J connectivity index is 1.59. The number of aromatic nitrogens is 3. The highest BCUT2D eigenvalue weighted by Crippen LogP contribution is 2.43. The smallest absolute Gasteiger partial charge is 0.169 e. The third-order valence-electron chi connectivity index (χ3n) is 7.01. The lowest BCUT2D eigenvalue weighted by atomic mass is 9.95. The molecule has 7 nitrogen and oxygen atoms in total. The first-order valence-corrected chi connectivity index (χ1v) is 12.4. The van der Waals surface area contributed by atoms with Crippen molar-refractivity contribution in [3.8, 4) is 16.9 Å². The Morgan fingerprint density at radius 3 is 2.51 bits per heavy atom. The Morgan fingerprint density at radius 2 is 1.80 bits per heavy atom. The van der Waals surface area contributed by atoms with Crippen LogP contribution in [0.15, 0.2) is 55.0 Å². The molecule has 1 saturated carbocycles. The fourth-order valence-electron chi connectivity index (χ4n) is 5.01. The number of aromatic hydroxyl groups is 1. The van der Waals surface area contributed by atoms with Crippen LogP contribution >= 0.6 is 11.6 Å². The maximum atomic E-state index is 13.5. The highest BCUT2D eigenvalue weighted by Gasteiger charge is 2.35. The summed E-state index contributed by atoms with van der Waals surface area (Å²) in [4.78, 5) is 20.5. The van der Waals surface area contributed by atoms with Crippen molar-refractivity contribution in [2.24, 2.45) is 5.92 Å². The monoisotopic (exact) mass is 487 g/mol. The molecule has 2 aromatic heterocycles. The Kier molecular flexibility index (Phi) is 5.66. The number of H-pyrrole nitrogens is 1. The number of fused-ring (bicyclic) bond motifs is 1. The summed E-state index contributed by atoms with van der Waals surface area (Å²) in [7, 11) is 0. The van der Waals surface area contributed by atoms with E-state index in [2.05, 4.69) is 26.5 Å². The zero-order chi connectivity index (χ0) is 23.9. The summed E-state index contributed by atoms with van der Waals surface area (Å²) in [5.41, 5.74) is 5.15. The number of hydrogen-bond donors (Lipinski definition) is 3. The van der Waals surface area contributed by atoms with Gasteiger partial charge in [0.1, 0.15) is 5.75 Å². The van der Waals surface area contributed by atoms with Crippen molar-refractivity contribution in [2.45, 2.75) is 31.7 Å². The molecule has 0 amide bonds. The number of rotatable bonds is 6. The van der Waals surface area contributed by atoms with E-state index in [0.717, 1.165) is 72.2 Å². The minimum atomic E-state index is 0.0490. The van der Waals surface area contributed by atoms with Crippen LogP contribution in [-0.4, -0.2) is 45.2 Å². The molecule has 2 aliphatic rings. The van der Waals surface area contributed by atoms with Crippen LogP contribution in [-0.2, 0) is 0 Å². The van der Waals surface area contributed by atoms with E-state index in [1.165, 1.54) is 0 Å². The van der Waals surface area contributed by atoms with E-state index in [1.807, 2.05) is 30.6 Å². The highest BCUT2D eigenvalue weighted by atomic mass is 35.5. The predicted octanol–water partition coefficient (Wildman–Crippen LogP) is 5.47. The molecule has 2 aromatic carbocycles. The first kappa shape index (κ1) is 22.1. The molecule has 0 radical (unpaired) electrons. The number of nitrogens with one attached hydrogen (secondary N) is 2. The molecule has 0 spiro atoms. The van der Waals surface area contributed by atoms with Crippen molar-refractivity contribution >= 4 is 39.7 Å². The van der Waals surface area contributed by atoms with Crippen LogP contribution in [0.2, 0.25) is 5.02 Å². The van der Waals surface area contributed by atoms with Gasteiger partial charge in [-0.2, -0.15) is 5.10 Å². The zero-order valence-corrected chi connectivity index (χ0v) is 19.9. The molecule has 178 valence electrons. The second-order valence-corrected chi connectivity index (χ2v) is 9.77. The number of nitrogens with zero attached hydrogens (tertiary/aromatic N) is 3. The molecular formula is C27H26ClN5O2. The molecule has 1 aliphatic heterocycles. The fourth-order valence-corrected chi connectivity index (χ4v) is 5.19. The minimum Gasteiger partial charge on any atom is -0.506 e. The Labute approximate surface area is 208 Å². The number of carbonyl (C=O) groups is 1. The number of piperidine rings is 1. The lowest BCUT2D eigenvalue weighted by Crippen LogP contribution is -2.41. The van der Waals surface area contributed by atoms with Crippen molar-refractivity contribution in [2.75, 3.05) is 18.0 Å². The maximum absolute atomic E-state index is 13.5. The van der Waals surface area contributed by atoms with Crippen LogP contribution in [0.25, 0.3) is 22.0 Å². The molecule has 0 atom stereocenters. The summed E-state index contributed by atoms with van der Waals surface area (Å²) in [6, 6.07) is 11.5. The molecule has 2 fully saturated rings. The average Bonchev–Trinajstić information content (AvgIpc) is 3.61. The number of phenols is 1. The van der Waals surface area contributed by atoms with Crippen molar-refractivity contribution in [1.29, 1.82) is 0 Å².